The molecule has 0 spiro atoms. The maximum atomic E-state index is 12.4. The largest absolute Gasteiger partial charge is 0.496 e. The van der Waals surface area contributed by atoms with Crippen molar-refractivity contribution < 1.29 is 9.53 Å². The molecule has 2 aromatic carbocycles. The molecular formula is C20H20N2O2. The summed E-state index contributed by atoms with van der Waals surface area (Å²) in [4.78, 5) is 12.4. The maximum absolute atomic E-state index is 12.4. The first-order valence-electron chi connectivity index (χ1n) is 7.67. The van der Waals surface area contributed by atoms with Gasteiger partial charge in [-0.2, -0.15) is 5.26 Å². The van der Waals surface area contributed by atoms with E-state index in [0.717, 1.165) is 22.4 Å². The molecule has 0 unspecified atom stereocenters. The van der Waals surface area contributed by atoms with Crippen LogP contribution < -0.4 is 10.1 Å². The summed E-state index contributed by atoms with van der Waals surface area (Å²) in [7, 11) is 1.59. The number of aryl methyl sites for hydroxylation is 1. The van der Waals surface area contributed by atoms with E-state index in [2.05, 4.69) is 5.32 Å². The minimum Gasteiger partial charge on any atom is -0.496 e. The first kappa shape index (κ1) is 17.3. The Morgan fingerprint density at radius 1 is 1.25 bits per heavy atom. The number of hydrogen-bond donors (Lipinski definition) is 1. The number of nitrogens with zero attached hydrogens (tertiary/aromatic N) is 1. The summed E-state index contributed by atoms with van der Waals surface area (Å²) in [6.45, 7) is 3.82. The quantitative estimate of drug-likeness (QED) is 0.673. The minimum atomic E-state index is -0.395. The van der Waals surface area contributed by atoms with Crippen molar-refractivity contribution in [3.8, 4) is 11.8 Å². The zero-order chi connectivity index (χ0) is 17.5. The summed E-state index contributed by atoms with van der Waals surface area (Å²) in [6.07, 6.45) is 1.56. The number of nitriles is 1. The average molecular weight is 320 g/mol. The molecule has 2 rings (SSSR count). The predicted molar refractivity (Wildman–Crippen MR) is 94.3 cm³/mol. The third-order valence-corrected chi connectivity index (χ3v) is 3.76. The molecule has 4 heteroatoms. The SMILES string of the molecule is COc1cc(/C=C(\C#N)C(=O)N[C@@H](C)c2ccccc2)ccc1C. The van der Waals surface area contributed by atoms with Gasteiger partial charge in [-0.25, -0.2) is 0 Å². The highest BCUT2D eigenvalue weighted by Crippen LogP contribution is 2.21. The molecule has 0 saturated heterocycles. The van der Waals surface area contributed by atoms with Crippen LogP contribution in [0.5, 0.6) is 5.75 Å². The fourth-order valence-corrected chi connectivity index (χ4v) is 2.34. The van der Waals surface area contributed by atoms with Gasteiger partial charge in [0.25, 0.3) is 5.91 Å². The van der Waals surface area contributed by atoms with Crippen molar-refractivity contribution in [3.05, 3.63) is 70.8 Å². The Hall–Kier alpha value is -3.06. The summed E-state index contributed by atoms with van der Waals surface area (Å²) in [6, 6.07) is 17.0. The molecule has 1 atom stereocenters. The molecule has 0 bridgehead atoms. The number of rotatable bonds is 5. The van der Waals surface area contributed by atoms with Gasteiger partial charge in [0.05, 0.1) is 13.2 Å². The molecule has 122 valence electrons. The molecule has 0 aromatic heterocycles. The van der Waals surface area contributed by atoms with E-state index < -0.39 is 5.91 Å². The fraction of sp³-hybridized carbons (Fsp3) is 0.200. The molecule has 0 saturated carbocycles. The molecule has 0 aliphatic carbocycles. The topological polar surface area (TPSA) is 62.1 Å². The number of carbonyl (C=O) groups excluding carboxylic acids is 1. The van der Waals surface area contributed by atoms with Gasteiger partial charge in [-0.1, -0.05) is 42.5 Å². The molecule has 0 aliphatic rings. The van der Waals surface area contributed by atoms with Gasteiger partial charge in [0, 0.05) is 0 Å². The first-order chi connectivity index (χ1) is 11.5. The number of methoxy groups -OCH3 is 1. The molecule has 1 amide bonds. The lowest BCUT2D eigenvalue weighted by Crippen LogP contribution is -2.27. The average Bonchev–Trinajstić information content (AvgIpc) is 2.61. The Kier molecular flexibility index (Phi) is 5.75. The molecule has 24 heavy (non-hydrogen) atoms. The van der Waals surface area contributed by atoms with Crippen LogP contribution in [-0.4, -0.2) is 13.0 Å². The van der Waals surface area contributed by atoms with Crippen LogP contribution >= 0.6 is 0 Å². The van der Waals surface area contributed by atoms with Gasteiger partial charge in [0.15, 0.2) is 0 Å². The van der Waals surface area contributed by atoms with Crippen LogP contribution in [0.3, 0.4) is 0 Å². The lowest BCUT2D eigenvalue weighted by Gasteiger charge is -2.13. The molecule has 0 aliphatic heterocycles. The number of benzene rings is 2. The summed E-state index contributed by atoms with van der Waals surface area (Å²) in [5.41, 5.74) is 2.79. The summed E-state index contributed by atoms with van der Waals surface area (Å²) >= 11 is 0. The van der Waals surface area contributed by atoms with Crippen LogP contribution in [0.2, 0.25) is 0 Å². The second kappa shape index (κ2) is 7.98. The number of hydrogen-bond acceptors (Lipinski definition) is 3. The Morgan fingerprint density at radius 2 is 1.96 bits per heavy atom. The molecule has 1 N–H and O–H groups in total. The molecular weight excluding hydrogens is 300 g/mol. The van der Waals surface area contributed by atoms with Crippen LogP contribution in [0.4, 0.5) is 0 Å². The Bertz CT molecular complexity index is 789. The van der Waals surface area contributed by atoms with E-state index in [1.54, 1.807) is 19.3 Å². The van der Waals surface area contributed by atoms with Crippen molar-refractivity contribution in [3.63, 3.8) is 0 Å². The number of nitrogens with one attached hydrogen (secondary N) is 1. The van der Waals surface area contributed by atoms with Crippen LogP contribution in [0.25, 0.3) is 6.08 Å². The fourth-order valence-electron chi connectivity index (χ4n) is 2.34. The zero-order valence-electron chi connectivity index (χ0n) is 14.0. The van der Waals surface area contributed by atoms with E-state index in [-0.39, 0.29) is 11.6 Å². The third kappa shape index (κ3) is 4.23. The second-order valence-electron chi connectivity index (χ2n) is 5.50. The lowest BCUT2D eigenvalue weighted by atomic mass is 10.1. The zero-order valence-corrected chi connectivity index (χ0v) is 14.0. The van der Waals surface area contributed by atoms with Crippen molar-refractivity contribution in [2.75, 3.05) is 7.11 Å². The lowest BCUT2D eigenvalue weighted by molar-refractivity contribution is -0.117. The first-order valence-corrected chi connectivity index (χ1v) is 7.67. The minimum absolute atomic E-state index is 0.0590. The molecule has 2 aromatic rings. The van der Waals surface area contributed by atoms with Gasteiger partial charge in [-0.05, 0) is 42.7 Å². The predicted octanol–water partition coefficient (Wildman–Crippen LogP) is 3.79. The summed E-state index contributed by atoms with van der Waals surface area (Å²) < 4.78 is 5.27. The highest BCUT2D eigenvalue weighted by atomic mass is 16.5. The number of amides is 1. The van der Waals surface area contributed by atoms with Crippen LogP contribution in [0.1, 0.15) is 29.7 Å². The van der Waals surface area contributed by atoms with Gasteiger partial charge in [0.1, 0.15) is 17.4 Å². The molecule has 4 nitrogen and oxygen atoms in total. The Labute approximate surface area is 142 Å². The van der Waals surface area contributed by atoms with E-state index in [1.165, 1.54) is 0 Å². The number of carbonyl (C=O) groups is 1. The van der Waals surface area contributed by atoms with E-state index in [4.69, 9.17) is 4.74 Å². The monoisotopic (exact) mass is 320 g/mol. The molecule has 0 heterocycles. The van der Waals surface area contributed by atoms with Gasteiger partial charge >= 0.3 is 0 Å². The maximum Gasteiger partial charge on any atom is 0.262 e. The van der Waals surface area contributed by atoms with Crippen molar-refractivity contribution in [2.24, 2.45) is 0 Å². The van der Waals surface area contributed by atoms with Gasteiger partial charge in [0.2, 0.25) is 0 Å². The molecule has 0 fully saturated rings. The second-order valence-corrected chi connectivity index (χ2v) is 5.50. The Morgan fingerprint density at radius 3 is 2.58 bits per heavy atom. The highest BCUT2D eigenvalue weighted by Gasteiger charge is 2.13. The van der Waals surface area contributed by atoms with Crippen molar-refractivity contribution >= 4 is 12.0 Å². The van der Waals surface area contributed by atoms with Crippen LogP contribution in [-0.2, 0) is 4.79 Å². The summed E-state index contributed by atoms with van der Waals surface area (Å²) in [5.74, 6) is 0.326. The van der Waals surface area contributed by atoms with Gasteiger partial charge < -0.3 is 10.1 Å². The van der Waals surface area contributed by atoms with Gasteiger partial charge in [-0.15, -0.1) is 0 Å². The van der Waals surface area contributed by atoms with Crippen molar-refractivity contribution in [1.82, 2.24) is 5.32 Å². The third-order valence-electron chi connectivity index (χ3n) is 3.76. The highest BCUT2D eigenvalue weighted by molar-refractivity contribution is 6.01. The van der Waals surface area contributed by atoms with Gasteiger partial charge in [-0.3, -0.25) is 4.79 Å². The normalized spacial score (nSPS) is 12.2. The van der Waals surface area contributed by atoms with Crippen molar-refractivity contribution in [2.45, 2.75) is 19.9 Å². The number of ether oxygens (including phenoxy) is 1. The standard InChI is InChI=1S/C20H20N2O2/c1-14-9-10-16(12-19(14)24-3)11-18(13-21)20(23)22-15(2)17-7-5-4-6-8-17/h4-12,15H,1-3H3,(H,22,23)/b18-11+/t15-/m0/s1. The Balaban J connectivity index is 2.18. The summed E-state index contributed by atoms with van der Waals surface area (Å²) in [5, 5.41) is 12.2. The van der Waals surface area contributed by atoms with Crippen LogP contribution in [0.15, 0.2) is 54.1 Å². The molecule has 0 radical (unpaired) electrons. The van der Waals surface area contributed by atoms with E-state index in [1.807, 2.05) is 62.4 Å². The van der Waals surface area contributed by atoms with E-state index in [9.17, 15) is 10.1 Å². The van der Waals surface area contributed by atoms with Crippen molar-refractivity contribution in [1.29, 1.82) is 5.26 Å². The van der Waals surface area contributed by atoms with E-state index in [0.29, 0.717) is 0 Å². The smallest absolute Gasteiger partial charge is 0.262 e. The van der Waals surface area contributed by atoms with Crippen LogP contribution in [0, 0.1) is 18.3 Å². The van der Waals surface area contributed by atoms with E-state index >= 15 is 0 Å².